The van der Waals surface area contributed by atoms with E-state index < -0.39 is 11.7 Å². The highest BCUT2D eigenvalue weighted by atomic mass is 19.4. The van der Waals surface area contributed by atoms with Crippen LogP contribution in [0.4, 0.5) is 13.2 Å². The second-order valence-electron chi connectivity index (χ2n) is 8.55. The number of ether oxygens (including phenoxy) is 2. The number of nitrogens with zero attached hydrogens (tertiary/aromatic N) is 6. The Morgan fingerprint density at radius 2 is 1.86 bits per heavy atom. The summed E-state index contributed by atoms with van der Waals surface area (Å²) in [7, 11) is 2.98. The van der Waals surface area contributed by atoms with Crippen molar-refractivity contribution in [2.24, 2.45) is 0 Å². The summed E-state index contributed by atoms with van der Waals surface area (Å²) >= 11 is 0. The molecule has 1 aliphatic rings. The van der Waals surface area contributed by atoms with Crippen molar-refractivity contribution in [3.8, 4) is 23.1 Å². The number of pyridine rings is 1. The molecule has 0 aliphatic heterocycles. The highest BCUT2D eigenvalue weighted by Crippen LogP contribution is 2.56. The van der Waals surface area contributed by atoms with Gasteiger partial charge in [-0.05, 0) is 42.0 Å². The van der Waals surface area contributed by atoms with Crippen molar-refractivity contribution in [3.05, 3.63) is 71.8 Å². The molecule has 36 heavy (non-hydrogen) atoms. The van der Waals surface area contributed by atoms with Crippen LogP contribution in [-0.4, -0.2) is 43.8 Å². The smallest absolute Gasteiger partial charge is 0.418 e. The third-order valence-corrected chi connectivity index (χ3v) is 6.43. The summed E-state index contributed by atoms with van der Waals surface area (Å²) in [4.78, 5) is 17.1. The van der Waals surface area contributed by atoms with E-state index in [0.717, 1.165) is 23.6 Å². The molecule has 11 heteroatoms. The number of rotatable bonds is 5. The Morgan fingerprint density at radius 1 is 1.00 bits per heavy atom. The van der Waals surface area contributed by atoms with E-state index in [2.05, 4.69) is 25.0 Å². The lowest BCUT2D eigenvalue weighted by molar-refractivity contribution is -0.136. The zero-order valence-corrected chi connectivity index (χ0v) is 19.2. The largest absolute Gasteiger partial charge is 0.480 e. The van der Waals surface area contributed by atoms with Gasteiger partial charge >= 0.3 is 12.2 Å². The zero-order chi connectivity index (χ0) is 25.0. The van der Waals surface area contributed by atoms with Crippen molar-refractivity contribution in [1.82, 2.24) is 29.5 Å². The fraction of sp³-hybridized carbons (Fsp3) is 0.240. The maximum Gasteiger partial charge on any atom is 0.418 e. The average Bonchev–Trinajstić information content (AvgIpc) is 3.54. The number of hydrogen-bond acceptors (Lipinski definition) is 7. The Balaban J connectivity index is 1.39. The molecule has 0 N–H and O–H groups in total. The SMILES string of the molecule is COc1ncc(-c2cc([C@H]3C[C@@H]3c3cnc4c(C(F)(F)F)cccc4c3)c3nccn3n2)c(OC)n1. The first kappa shape index (κ1) is 22.2. The van der Waals surface area contributed by atoms with Crippen molar-refractivity contribution in [3.63, 3.8) is 0 Å². The van der Waals surface area contributed by atoms with Gasteiger partial charge < -0.3 is 9.47 Å². The van der Waals surface area contributed by atoms with Gasteiger partial charge in [0.05, 0.1) is 36.6 Å². The number of alkyl halides is 3. The van der Waals surface area contributed by atoms with Gasteiger partial charge in [-0.3, -0.25) is 4.98 Å². The number of fused-ring (bicyclic) bond motifs is 2. The predicted octanol–water partition coefficient (Wildman–Crippen LogP) is 5.04. The van der Waals surface area contributed by atoms with Gasteiger partial charge in [0.25, 0.3) is 0 Å². The summed E-state index contributed by atoms with van der Waals surface area (Å²) < 4.78 is 52.4. The molecule has 0 bridgehead atoms. The molecule has 2 atom stereocenters. The van der Waals surface area contributed by atoms with E-state index >= 15 is 0 Å². The van der Waals surface area contributed by atoms with Crippen molar-refractivity contribution in [1.29, 1.82) is 0 Å². The van der Waals surface area contributed by atoms with Crippen LogP contribution in [-0.2, 0) is 6.18 Å². The van der Waals surface area contributed by atoms with Crippen molar-refractivity contribution < 1.29 is 22.6 Å². The minimum Gasteiger partial charge on any atom is -0.480 e. The summed E-state index contributed by atoms with van der Waals surface area (Å²) in [5.74, 6) is 0.527. The van der Waals surface area contributed by atoms with Crippen LogP contribution in [0.2, 0.25) is 0 Å². The topological polar surface area (TPSA) is 87.3 Å². The number of methoxy groups -OCH3 is 2. The van der Waals surface area contributed by atoms with Gasteiger partial charge in [-0.25, -0.2) is 14.5 Å². The van der Waals surface area contributed by atoms with E-state index in [1.807, 2.05) is 6.07 Å². The fourth-order valence-corrected chi connectivity index (χ4v) is 4.64. The molecule has 4 aromatic heterocycles. The summed E-state index contributed by atoms with van der Waals surface area (Å²) in [6.45, 7) is 0. The van der Waals surface area contributed by atoms with E-state index in [1.165, 1.54) is 20.3 Å². The standard InChI is InChI=1S/C25H19F3N6O2/c1-35-23-18(12-31-24(32-23)36-2)20-10-17(22-29-6-7-34(22)33-20)16-9-15(16)14-8-13-4-3-5-19(25(26,27)28)21(13)30-11-14/h3-8,10-12,15-16H,9H2,1-2H3/t15-,16+/m1/s1. The van der Waals surface area contributed by atoms with E-state index in [1.54, 1.807) is 41.4 Å². The van der Waals surface area contributed by atoms with Gasteiger partial charge in [0, 0.05) is 35.7 Å². The number of imidazole rings is 1. The number of benzene rings is 1. The fourth-order valence-electron chi connectivity index (χ4n) is 4.64. The summed E-state index contributed by atoms with van der Waals surface area (Å²) in [5.41, 5.74) is 3.00. The van der Waals surface area contributed by atoms with Gasteiger partial charge in [-0.15, -0.1) is 0 Å². The first-order valence-electron chi connectivity index (χ1n) is 11.1. The average molecular weight is 492 g/mol. The Bertz CT molecular complexity index is 1620. The molecular weight excluding hydrogens is 473 g/mol. The lowest BCUT2D eigenvalue weighted by Crippen LogP contribution is -2.06. The normalized spacial score (nSPS) is 17.5. The first-order chi connectivity index (χ1) is 17.4. The quantitative estimate of drug-likeness (QED) is 0.340. The summed E-state index contributed by atoms with van der Waals surface area (Å²) in [5, 5.41) is 5.11. The van der Waals surface area contributed by atoms with Crippen LogP contribution in [0.1, 0.15) is 34.9 Å². The van der Waals surface area contributed by atoms with Crippen LogP contribution in [0.25, 0.3) is 27.8 Å². The lowest BCUT2D eigenvalue weighted by Gasteiger charge is -2.11. The Kier molecular flexibility index (Phi) is 5.02. The molecule has 182 valence electrons. The van der Waals surface area contributed by atoms with Crippen LogP contribution in [0.5, 0.6) is 11.9 Å². The monoisotopic (exact) mass is 492 g/mol. The Morgan fingerprint density at radius 3 is 2.64 bits per heavy atom. The molecule has 0 amide bonds. The van der Waals surface area contributed by atoms with Crippen molar-refractivity contribution in [2.45, 2.75) is 24.4 Å². The molecule has 5 aromatic rings. The maximum atomic E-state index is 13.4. The lowest BCUT2D eigenvalue weighted by atomic mass is 10.0. The van der Waals surface area contributed by atoms with Crippen LogP contribution >= 0.6 is 0 Å². The molecule has 8 nitrogen and oxygen atoms in total. The first-order valence-corrected chi connectivity index (χ1v) is 11.1. The van der Waals surface area contributed by atoms with E-state index in [4.69, 9.17) is 9.47 Å². The highest BCUT2D eigenvalue weighted by Gasteiger charge is 2.42. The molecule has 1 aromatic carbocycles. The van der Waals surface area contributed by atoms with Gasteiger partial charge in [0.1, 0.15) is 0 Å². The third kappa shape index (κ3) is 3.67. The molecule has 1 fully saturated rings. The third-order valence-electron chi connectivity index (χ3n) is 6.43. The Hall–Kier alpha value is -4.28. The molecule has 4 heterocycles. The van der Waals surface area contributed by atoms with Crippen LogP contribution < -0.4 is 9.47 Å². The zero-order valence-electron chi connectivity index (χ0n) is 19.2. The number of halogens is 3. The van der Waals surface area contributed by atoms with Crippen molar-refractivity contribution in [2.75, 3.05) is 14.2 Å². The molecular formula is C25H19F3N6O2. The number of para-hydroxylation sites is 1. The molecule has 1 saturated carbocycles. The number of hydrogen-bond donors (Lipinski definition) is 0. The van der Waals surface area contributed by atoms with Crippen LogP contribution in [0, 0.1) is 0 Å². The molecule has 0 radical (unpaired) electrons. The molecule has 0 unspecified atom stereocenters. The second-order valence-corrected chi connectivity index (χ2v) is 8.55. The van der Waals surface area contributed by atoms with Gasteiger partial charge in [-0.2, -0.15) is 23.3 Å². The minimum atomic E-state index is -4.46. The molecule has 0 saturated heterocycles. The van der Waals surface area contributed by atoms with E-state index in [-0.39, 0.29) is 23.4 Å². The minimum absolute atomic E-state index is 0.0422. The van der Waals surface area contributed by atoms with E-state index in [0.29, 0.717) is 28.2 Å². The van der Waals surface area contributed by atoms with Gasteiger partial charge in [-0.1, -0.05) is 12.1 Å². The van der Waals surface area contributed by atoms with Crippen LogP contribution in [0.3, 0.4) is 0 Å². The van der Waals surface area contributed by atoms with Gasteiger partial charge in [0.15, 0.2) is 5.65 Å². The maximum absolute atomic E-state index is 13.4. The van der Waals surface area contributed by atoms with Crippen LogP contribution in [0.15, 0.2) is 55.1 Å². The van der Waals surface area contributed by atoms with Crippen molar-refractivity contribution >= 4 is 16.6 Å². The van der Waals surface area contributed by atoms with Gasteiger partial charge in [0.2, 0.25) is 5.88 Å². The summed E-state index contributed by atoms with van der Waals surface area (Å²) in [6.07, 6.45) is 2.93. The van der Waals surface area contributed by atoms with E-state index in [9.17, 15) is 13.2 Å². The Labute approximate surface area is 202 Å². The highest BCUT2D eigenvalue weighted by molar-refractivity contribution is 5.83. The number of aromatic nitrogens is 6. The molecule has 1 aliphatic carbocycles. The molecule has 6 rings (SSSR count). The second kappa shape index (κ2) is 8.14. The predicted molar refractivity (Wildman–Crippen MR) is 124 cm³/mol. The molecule has 0 spiro atoms. The summed E-state index contributed by atoms with van der Waals surface area (Å²) in [6, 6.07) is 8.05.